The maximum atomic E-state index is 12.3. The third-order valence-electron chi connectivity index (χ3n) is 4.68. The molecule has 1 aromatic carbocycles. The lowest BCUT2D eigenvalue weighted by Gasteiger charge is -2.40. The molecule has 1 aliphatic carbocycles. The number of thioether (sulfide) groups is 1. The largest absolute Gasteiger partial charge is 0.349 e. The zero-order chi connectivity index (χ0) is 14.0. The van der Waals surface area contributed by atoms with Crippen LogP contribution >= 0.6 is 11.8 Å². The van der Waals surface area contributed by atoms with Crippen LogP contribution in [0.3, 0.4) is 0 Å². The van der Waals surface area contributed by atoms with Gasteiger partial charge in [-0.2, -0.15) is 0 Å². The maximum absolute atomic E-state index is 12.3. The topological polar surface area (TPSA) is 55.1 Å². The van der Waals surface area contributed by atoms with E-state index in [-0.39, 0.29) is 17.4 Å². The van der Waals surface area contributed by atoms with Crippen LogP contribution in [0.5, 0.6) is 0 Å². The first-order valence-corrected chi connectivity index (χ1v) is 8.42. The number of benzene rings is 1. The number of nitrogens with one attached hydrogen (secondary N) is 1. The Morgan fingerprint density at radius 2 is 2.20 bits per heavy atom. The van der Waals surface area contributed by atoms with Crippen molar-refractivity contribution in [3.63, 3.8) is 0 Å². The standard InChI is InChI=1S/C16H22N2OS/c17-11-16(7-3-8-16)10-15(19)18-13-6-9-20-14-5-2-1-4-12(13)14/h1-2,4-5,13H,3,6-11,17H2,(H,18,19). The summed E-state index contributed by atoms with van der Waals surface area (Å²) in [5, 5.41) is 3.23. The minimum atomic E-state index is 0.0903. The lowest BCUT2D eigenvalue weighted by Crippen LogP contribution is -2.42. The summed E-state index contributed by atoms with van der Waals surface area (Å²) in [5.74, 6) is 1.24. The van der Waals surface area contributed by atoms with Crippen molar-refractivity contribution in [3.8, 4) is 0 Å². The molecule has 1 heterocycles. The fourth-order valence-corrected chi connectivity index (χ4v) is 4.33. The Bertz CT molecular complexity index is 493. The van der Waals surface area contributed by atoms with Crippen molar-refractivity contribution < 1.29 is 4.79 Å². The minimum absolute atomic E-state index is 0.0903. The summed E-state index contributed by atoms with van der Waals surface area (Å²) in [5.41, 5.74) is 7.20. The van der Waals surface area contributed by atoms with E-state index in [1.165, 1.54) is 16.9 Å². The van der Waals surface area contributed by atoms with Crippen LogP contribution in [0.15, 0.2) is 29.2 Å². The molecule has 1 fully saturated rings. The summed E-state index contributed by atoms with van der Waals surface area (Å²) in [6.07, 6.45) is 5.04. The molecule has 3 rings (SSSR count). The molecule has 2 aliphatic rings. The van der Waals surface area contributed by atoms with Crippen LogP contribution in [0.25, 0.3) is 0 Å². The van der Waals surface area contributed by atoms with Crippen LogP contribution in [-0.4, -0.2) is 18.2 Å². The molecule has 1 unspecified atom stereocenters. The summed E-state index contributed by atoms with van der Waals surface area (Å²) >= 11 is 1.88. The first-order valence-electron chi connectivity index (χ1n) is 7.44. The Morgan fingerprint density at radius 3 is 2.90 bits per heavy atom. The van der Waals surface area contributed by atoms with E-state index in [0.29, 0.717) is 13.0 Å². The zero-order valence-electron chi connectivity index (χ0n) is 11.7. The van der Waals surface area contributed by atoms with Gasteiger partial charge < -0.3 is 11.1 Å². The lowest BCUT2D eigenvalue weighted by molar-refractivity contribution is -0.125. The quantitative estimate of drug-likeness (QED) is 0.896. The monoisotopic (exact) mass is 290 g/mol. The molecule has 108 valence electrons. The second kappa shape index (κ2) is 5.78. The zero-order valence-corrected chi connectivity index (χ0v) is 12.5. The second-order valence-electron chi connectivity index (χ2n) is 6.03. The highest BCUT2D eigenvalue weighted by atomic mass is 32.2. The molecule has 20 heavy (non-hydrogen) atoms. The van der Waals surface area contributed by atoms with Crippen molar-refractivity contribution in [2.24, 2.45) is 11.1 Å². The van der Waals surface area contributed by atoms with Gasteiger partial charge in [-0.3, -0.25) is 4.79 Å². The molecule has 0 saturated heterocycles. The molecule has 0 radical (unpaired) electrons. The molecule has 1 amide bonds. The molecule has 0 spiro atoms. The van der Waals surface area contributed by atoms with Crippen molar-refractivity contribution >= 4 is 17.7 Å². The van der Waals surface area contributed by atoms with Crippen LogP contribution in [-0.2, 0) is 4.79 Å². The fourth-order valence-electron chi connectivity index (χ4n) is 3.21. The van der Waals surface area contributed by atoms with Gasteiger partial charge in [0.25, 0.3) is 0 Å². The van der Waals surface area contributed by atoms with E-state index in [0.717, 1.165) is 25.0 Å². The number of hydrogen-bond acceptors (Lipinski definition) is 3. The van der Waals surface area contributed by atoms with Crippen molar-refractivity contribution in [1.82, 2.24) is 5.32 Å². The van der Waals surface area contributed by atoms with Gasteiger partial charge >= 0.3 is 0 Å². The van der Waals surface area contributed by atoms with Crippen LogP contribution in [0.2, 0.25) is 0 Å². The van der Waals surface area contributed by atoms with E-state index in [2.05, 4.69) is 29.6 Å². The normalized spacial score (nSPS) is 23.6. The van der Waals surface area contributed by atoms with Gasteiger partial charge in [0, 0.05) is 17.1 Å². The van der Waals surface area contributed by atoms with E-state index in [1.54, 1.807) is 0 Å². The number of carbonyl (C=O) groups is 1. The van der Waals surface area contributed by atoms with Gasteiger partial charge in [-0.25, -0.2) is 0 Å². The molecule has 3 nitrogen and oxygen atoms in total. The summed E-state index contributed by atoms with van der Waals surface area (Å²) in [7, 11) is 0. The predicted molar refractivity (Wildman–Crippen MR) is 82.6 cm³/mol. The first kappa shape index (κ1) is 14.0. The molecular formula is C16H22N2OS. The average Bonchev–Trinajstić information content (AvgIpc) is 2.43. The van der Waals surface area contributed by atoms with E-state index in [4.69, 9.17) is 5.73 Å². The summed E-state index contributed by atoms with van der Waals surface area (Å²) in [6, 6.07) is 8.57. The van der Waals surface area contributed by atoms with Crippen molar-refractivity contribution in [3.05, 3.63) is 29.8 Å². The highest BCUT2D eigenvalue weighted by Crippen LogP contribution is 2.43. The SMILES string of the molecule is NCC1(CC(=O)NC2CCSc3ccccc32)CCC1. The number of carbonyl (C=O) groups excluding carboxylic acids is 1. The van der Waals surface area contributed by atoms with Gasteiger partial charge in [-0.05, 0) is 42.9 Å². The van der Waals surface area contributed by atoms with Crippen molar-refractivity contribution in [2.75, 3.05) is 12.3 Å². The summed E-state index contributed by atoms with van der Waals surface area (Å²) < 4.78 is 0. The Hall–Kier alpha value is -1.00. The number of fused-ring (bicyclic) bond motifs is 1. The third kappa shape index (κ3) is 2.72. The van der Waals surface area contributed by atoms with E-state index >= 15 is 0 Å². The number of rotatable bonds is 4. The molecule has 4 heteroatoms. The number of hydrogen-bond donors (Lipinski definition) is 2. The lowest BCUT2D eigenvalue weighted by atomic mass is 9.66. The Kier molecular flexibility index (Phi) is 4.03. The summed E-state index contributed by atoms with van der Waals surface area (Å²) in [4.78, 5) is 13.6. The van der Waals surface area contributed by atoms with E-state index in [1.807, 2.05) is 11.8 Å². The van der Waals surface area contributed by atoms with Gasteiger partial charge in [0.15, 0.2) is 0 Å². The first-order chi connectivity index (χ1) is 9.72. The highest BCUT2D eigenvalue weighted by molar-refractivity contribution is 7.99. The van der Waals surface area contributed by atoms with Crippen LogP contribution in [0.1, 0.15) is 43.7 Å². The number of nitrogens with two attached hydrogens (primary N) is 1. The Morgan fingerprint density at radius 1 is 1.40 bits per heavy atom. The van der Waals surface area contributed by atoms with Gasteiger partial charge in [-0.1, -0.05) is 24.6 Å². The molecule has 1 saturated carbocycles. The van der Waals surface area contributed by atoms with Crippen LogP contribution in [0.4, 0.5) is 0 Å². The molecule has 3 N–H and O–H groups in total. The molecular weight excluding hydrogens is 268 g/mol. The maximum Gasteiger partial charge on any atom is 0.221 e. The Balaban J connectivity index is 1.65. The molecule has 1 atom stereocenters. The third-order valence-corrected chi connectivity index (χ3v) is 5.80. The fraction of sp³-hybridized carbons (Fsp3) is 0.562. The van der Waals surface area contributed by atoms with Crippen molar-refractivity contribution in [1.29, 1.82) is 0 Å². The Labute approximate surface area is 124 Å². The van der Waals surface area contributed by atoms with E-state index < -0.39 is 0 Å². The van der Waals surface area contributed by atoms with Crippen LogP contribution in [0, 0.1) is 5.41 Å². The predicted octanol–water partition coefficient (Wildman–Crippen LogP) is 2.86. The van der Waals surface area contributed by atoms with E-state index in [9.17, 15) is 4.79 Å². The molecule has 1 aromatic rings. The molecule has 0 aromatic heterocycles. The van der Waals surface area contributed by atoms with Crippen LogP contribution < -0.4 is 11.1 Å². The average molecular weight is 290 g/mol. The summed E-state index contributed by atoms with van der Waals surface area (Å²) in [6.45, 7) is 0.636. The minimum Gasteiger partial charge on any atom is -0.349 e. The van der Waals surface area contributed by atoms with Gasteiger partial charge in [-0.15, -0.1) is 11.8 Å². The van der Waals surface area contributed by atoms with Gasteiger partial charge in [0.1, 0.15) is 0 Å². The highest BCUT2D eigenvalue weighted by Gasteiger charge is 2.38. The van der Waals surface area contributed by atoms with Crippen molar-refractivity contribution in [2.45, 2.75) is 43.0 Å². The van der Waals surface area contributed by atoms with Gasteiger partial charge in [0.05, 0.1) is 6.04 Å². The number of amides is 1. The van der Waals surface area contributed by atoms with Gasteiger partial charge in [0.2, 0.25) is 5.91 Å². The second-order valence-corrected chi connectivity index (χ2v) is 7.17. The molecule has 1 aliphatic heterocycles. The molecule has 0 bridgehead atoms. The smallest absolute Gasteiger partial charge is 0.221 e.